The Kier molecular flexibility index (Phi) is 9.01. The number of anilines is 1. The number of phenolic OH excluding ortho intramolecular Hbond substituents is 1. The summed E-state index contributed by atoms with van der Waals surface area (Å²) in [6, 6.07) is 13.5. The van der Waals surface area contributed by atoms with Crippen LogP contribution in [0.3, 0.4) is 0 Å². The summed E-state index contributed by atoms with van der Waals surface area (Å²) >= 11 is 0. The van der Waals surface area contributed by atoms with E-state index in [1.807, 2.05) is 31.2 Å². The monoisotopic (exact) mass is 472 g/mol. The number of ether oxygens (including phenoxy) is 1. The highest BCUT2D eigenvalue weighted by atomic mass is 16.5. The highest BCUT2D eigenvalue weighted by Crippen LogP contribution is 2.33. The lowest BCUT2D eigenvalue weighted by molar-refractivity contribution is 0.167. The average Bonchev–Trinajstić information content (AvgIpc) is 3.39. The first-order valence-electron chi connectivity index (χ1n) is 11.6. The molecule has 35 heavy (non-hydrogen) atoms. The number of fused-ring (bicyclic) bond motifs is 1. The molecule has 1 aliphatic heterocycles. The molecule has 0 atom stereocenters. The Morgan fingerprint density at radius 1 is 1.20 bits per heavy atom. The van der Waals surface area contributed by atoms with Crippen molar-refractivity contribution >= 4 is 22.8 Å². The van der Waals surface area contributed by atoms with Gasteiger partial charge in [0.15, 0.2) is 5.82 Å². The number of phenols is 1. The average molecular weight is 473 g/mol. The zero-order valence-corrected chi connectivity index (χ0v) is 20.3. The second kappa shape index (κ2) is 12.4. The van der Waals surface area contributed by atoms with Crippen LogP contribution in [-0.2, 0) is 4.74 Å². The fourth-order valence-corrected chi connectivity index (χ4v) is 3.75. The number of para-hydroxylation sites is 1. The molecule has 1 aliphatic rings. The number of nitrogens with two attached hydrogens (primary N) is 1. The van der Waals surface area contributed by atoms with E-state index in [0.29, 0.717) is 11.4 Å². The minimum Gasteiger partial charge on any atom is -0.507 e. The molecule has 3 N–H and O–H groups in total. The third-order valence-corrected chi connectivity index (χ3v) is 5.58. The molecule has 1 saturated heterocycles. The standard InChI is InChI=1S/C19H19N3O.C9H13NO2/c1-13-8-9-14-16(12-13)20-18(15-6-2-3-7-17(15)23)21-19(14)22-10-4-5-11-22;1-3-5-6-8(4-2)7-12-9(10)11/h2-3,6-9,12,23H,4-5,10-11H2,1H3;3-6H,1,7H2,2H3,(H2,10,11)/b;6-5-,8-4+. The Hall–Kier alpha value is -4.13. The van der Waals surface area contributed by atoms with Gasteiger partial charge in [0, 0.05) is 18.5 Å². The Bertz CT molecular complexity index is 1240. The molecule has 0 unspecified atom stereocenters. The lowest BCUT2D eigenvalue weighted by Crippen LogP contribution is -2.20. The number of aromatic hydroxyl groups is 1. The molecule has 0 aliphatic carbocycles. The number of aromatic nitrogens is 2. The van der Waals surface area contributed by atoms with E-state index >= 15 is 0 Å². The third-order valence-electron chi connectivity index (χ3n) is 5.58. The summed E-state index contributed by atoms with van der Waals surface area (Å²) in [5.74, 6) is 1.78. The molecule has 2 heterocycles. The lowest BCUT2D eigenvalue weighted by atomic mass is 10.1. The van der Waals surface area contributed by atoms with Crippen LogP contribution < -0.4 is 10.6 Å². The van der Waals surface area contributed by atoms with Gasteiger partial charge in [0.2, 0.25) is 0 Å². The fourth-order valence-electron chi connectivity index (χ4n) is 3.75. The zero-order chi connectivity index (χ0) is 25.2. The van der Waals surface area contributed by atoms with Gasteiger partial charge in [-0.3, -0.25) is 0 Å². The Balaban J connectivity index is 0.000000245. The van der Waals surface area contributed by atoms with Gasteiger partial charge in [-0.1, -0.05) is 49.1 Å². The molecule has 1 amide bonds. The van der Waals surface area contributed by atoms with Crippen LogP contribution in [0.25, 0.3) is 22.3 Å². The van der Waals surface area contributed by atoms with E-state index in [9.17, 15) is 9.90 Å². The third kappa shape index (κ3) is 6.93. The van der Waals surface area contributed by atoms with Crippen molar-refractivity contribution in [3.8, 4) is 17.1 Å². The van der Waals surface area contributed by atoms with Gasteiger partial charge >= 0.3 is 6.09 Å². The number of primary amides is 1. The van der Waals surface area contributed by atoms with Gasteiger partial charge < -0.3 is 20.5 Å². The van der Waals surface area contributed by atoms with Crippen LogP contribution in [0.5, 0.6) is 5.75 Å². The molecule has 2 aromatic carbocycles. The maximum absolute atomic E-state index is 10.2. The first-order valence-corrected chi connectivity index (χ1v) is 11.6. The maximum Gasteiger partial charge on any atom is 0.404 e. The number of carbonyl (C=O) groups excluding carboxylic acids is 1. The molecule has 7 nitrogen and oxygen atoms in total. The van der Waals surface area contributed by atoms with Gasteiger partial charge in [0.1, 0.15) is 18.2 Å². The van der Waals surface area contributed by atoms with Crippen LogP contribution in [0.2, 0.25) is 0 Å². The second-order valence-electron chi connectivity index (χ2n) is 8.17. The molecule has 0 radical (unpaired) electrons. The van der Waals surface area contributed by atoms with E-state index in [0.717, 1.165) is 35.4 Å². The van der Waals surface area contributed by atoms with Gasteiger partial charge in [-0.05, 0) is 62.1 Å². The molecule has 0 bridgehead atoms. The molecule has 7 heteroatoms. The number of aryl methyl sites for hydroxylation is 1. The highest BCUT2D eigenvalue weighted by Gasteiger charge is 2.19. The van der Waals surface area contributed by atoms with Crippen molar-refractivity contribution in [3.05, 3.63) is 84.5 Å². The largest absolute Gasteiger partial charge is 0.507 e. The molecule has 0 saturated carbocycles. The zero-order valence-electron chi connectivity index (χ0n) is 20.3. The normalized spacial score (nSPS) is 13.5. The highest BCUT2D eigenvalue weighted by molar-refractivity contribution is 5.92. The maximum atomic E-state index is 10.2. The number of nitrogens with zero attached hydrogens (tertiary/aromatic N) is 3. The van der Waals surface area contributed by atoms with Crippen LogP contribution in [0.15, 0.2) is 78.9 Å². The summed E-state index contributed by atoms with van der Waals surface area (Å²) in [5, 5.41) is 11.2. The topological polar surface area (TPSA) is 102 Å². The minimum atomic E-state index is -0.763. The molecule has 4 rings (SSSR count). The summed E-state index contributed by atoms with van der Waals surface area (Å²) in [4.78, 5) is 22.0. The Morgan fingerprint density at radius 2 is 1.94 bits per heavy atom. The smallest absolute Gasteiger partial charge is 0.404 e. The van der Waals surface area contributed by atoms with Crippen LogP contribution >= 0.6 is 0 Å². The van der Waals surface area contributed by atoms with Crippen molar-refractivity contribution in [2.45, 2.75) is 26.7 Å². The van der Waals surface area contributed by atoms with E-state index < -0.39 is 6.09 Å². The summed E-state index contributed by atoms with van der Waals surface area (Å²) in [7, 11) is 0. The molecular formula is C28H32N4O3. The van der Waals surface area contributed by atoms with Crippen LogP contribution in [0.4, 0.5) is 10.6 Å². The number of benzene rings is 2. The number of carbonyl (C=O) groups is 1. The second-order valence-corrected chi connectivity index (χ2v) is 8.17. The van der Waals surface area contributed by atoms with Crippen molar-refractivity contribution in [3.63, 3.8) is 0 Å². The van der Waals surface area contributed by atoms with Crippen molar-refractivity contribution in [1.82, 2.24) is 9.97 Å². The van der Waals surface area contributed by atoms with Crippen molar-refractivity contribution in [2.75, 3.05) is 24.6 Å². The first kappa shape index (κ1) is 25.5. The summed E-state index contributed by atoms with van der Waals surface area (Å²) in [6.07, 6.45) is 8.68. The molecular weight excluding hydrogens is 440 g/mol. The van der Waals surface area contributed by atoms with Crippen LogP contribution in [0.1, 0.15) is 25.3 Å². The summed E-state index contributed by atoms with van der Waals surface area (Å²) in [6.45, 7) is 9.70. The van der Waals surface area contributed by atoms with Crippen LogP contribution in [-0.4, -0.2) is 40.9 Å². The van der Waals surface area contributed by atoms with E-state index in [1.165, 1.54) is 18.4 Å². The molecule has 3 aromatic rings. The van der Waals surface area contributed by atoms with Gasteiger partial charge in [-0.15, -0.1) is 0 Å². The molecule has 0 spiro atoms. The van der Waals surface area contributed by atoms with Gasteiger partial charge in [0.25, 0.3) is 0 Å². The van der Waals surface area contributed by atoms with Crippen LogP contribution in [0, 0.1) is 6.92 Å². The van der Waals surface area contributed by atoms with Crippen molar-refractivity contribution in [1.29, 1.82) is 0 Å². The summed E-state index contributed by atoms with van der Waals surface area (Å²) < 4.78 is 4.58. The quantitative estimate of drug-likeness (QED) is 0.448. The number of hydrogen-bond donors (Lipinski definition) is 2. The molecule has 1 fully saturated rings. The van der Waals surface area contributed by atoms with Gasteiger partial charge in [-0.2, -0.15) is 0 Å². The molecule has 182 valence electrons. The number of rotatable bonds is 6. The predicted octanol–water partition coefficient (Wildman–Crippen LogP) is 5.68. The van der Waals surface area contributed by atoms with E-state index in [-0.39, 0.29) is 12.4 Å². The Labute approximate surface area is 206 Å². The van der Waals surface area contributed by atoms with Gasteiger partial charge in [0.05, 0.1) is 11.1 Å². The number of amides is 1. The first-order chi connectivity index (χ1) is 16.9. The van der Waals surface area contributed by atoms with Crippen molar-refractivity contribution < 1.29 is 14.6 Å². The minimum absolute atomic E-state index is 0.205. The van der Waals surface area contributed by atoms with E-state index in [2.05, 4.69) is 41.3 Å². The SMILES string of the molecule is C=C/C=C\C(=C/C)COC(N)=O.Cc1ccc2c(N3CCCC3)nc(-c3ccccc3O)nc2c1. The fraction of sp³-hybridized carbons (Fsp3) is 0.250. The lowest BCUT2D eigenvalue weighted by Gasteiger charge is -2.19. The Morgan fingerprint density at radius 3 is 2.60 bits per heavy atom. The van der Waals surface area contributed by atoms with E-state index in [1.54, 1.807) is 24.3 Å². The predicted molar refractivity (Wildman–Crippen MR) is 141 cm³/mol. The number of hydrogen-bond acceptors (Lipinski definition) is 6. The summed E-state index contributed by atoms with van der Waals surface area (Å²) in [5.41, 5.74) is 8.46. The molecule has 1 aromatic heterocycles. The van der Waals surface area contributed by atoms with E-state index in [4.69, 9.17) is 15.7 Å². The van der Waals surface area contributed by atoms with Crippen molar-refractivity contribution in [2.24, 2.45) is 5.73 Å². The van der Waals surface area contributed by atoms with Gasteiger partial charge in [-0.25, -0.2) is 14.8 Å². The number of allylic oxidation sites excluding steroid dienone is 3.